The molecule has 0 bridgehead atoms. The van der Waals surface area contributed by atoms with Crippen molar-refractivity contribution < 1.29 is 42.2 Å². The third kappa shape index (κ3) is 8.30. The Morgan fingerprint density at radius 3 is 2.81 bits per heavy atom. The maximum atomic E-state index is 12.7. The minimum Gasteiger partial charge on any atom is -0.388 e. The summed E-state index contributed by atoms with van der Waals surface area (Å²) in [6.45, 7) is -0.642. The summed E-state index contributed by atoms with van der Waals surface area (Å²) in [5, 5.41) is 21.3. The highest BCUT2D eigenvalue weighted by molar-refractivity contribution is 8.07. The van der Waals surface area contributed by atoms with E-state index in [0.29, 0.717) is 17.0 Å². The molecule has 0 saturated carbocycles. The molecule has 1 aliphatic rings. The van der Waals surface area contributed by atoms with Gasteiger partial charge in [-0.05, 0) is 11.8 Å². The van der Waals surface area contributed by atoms with Crippen LogP contribution >= 0.6 is 15.0 Å². The predicted molar refractivity (Wildman–Crippen MR) is 168 cm³/mol. The molecule has 4 aromatic heterocycles. The standard InChI is InChI=1S/C25H30N10O10P2S/c1-14(2)22(37)32-25-31-21-19(23(38)33-25)29-13-35(21)24-17(45-46(39)40)8-15(44-24)11-43-47(48,41-6-3-4-26)42-7-5-34-18(10-36)30-16-9-27-12-28-20(16)34/h9,12-15,17,24,36H,3,5-8,10-11H2,1-2H3,(H2-,31,32,33,37,38,39,40)/p+1/t15-,17+,24+,47?/m0/s1. The van der Waals surface area contributed by atoms with E-state index in [-0.39, 0.29) is 74.8 Å². The van der Waals surface area contributed by atoms with Crippen molar-refractivity contribution in [1.82, 2.24) is 39.0 Å². The highest BCUT2D eigenvalue weighted by Gasteiger charge is 2.44. The van der Waals surface area contributed by atoms with Gasteiger partial charge in [-0.1, -0.05) is 13.8 Å². The fourth-order valence-corrected chi connectivity index (χ4v) is 6.97. The van der Waals surface area contributed by atoms with Crippen molar-refractivity contribution in [2.75, 3.05) is 25.1 Å². The molecule has 0 aromatic carbocycles. The lowest BCUT2D eigenvalue weighted by Gasteiger charge is -2.23. The number of nitriles is 1. The maximum absolute atomic E-state index is 12.7. The van der Waals surface area contributed by atoms with Gasteiger partial charge in [-0.2, -0.15) is 10.2 Å². The Bertz CT molecular complexity index is 1950. The van der Waals surface area contributed by atoms with E-state index in [4.69, 9.17) is 39.9 Å². The molecular weight excluding hydrogens is 694 g/mol. The molecule has 0 aliphatic carbocycles. The van der Waals surface area contributed by atoms with E-state index >= 15 is 0 Å². The zero-order chi connectivity index (χ0) is 34.4. The largest absolute Gasteiger partial charge is 0.695 e. The van der Waals surface area contributed by atoms with Crippen LogP contribution in [0.2, 0.25) is 0 Å². The Morgan fingerprint density at radius 1 is 1.29 bits per heavy atom. The van der Waals surface area contributed by atoms with Crippen molar-refractivity contribution in [3.05, 3.63) is 35.0 Å². The van der Waals surface area contributed by atoms with Crippen LogP contribution in [0.5, 0.6) is 0 Å². The van der Waals surface area contributed by atoms with E-state index in [0.717, 1.165) is 0 Å². The lowest BCUT2D eigenvalue weighted by molar-refractivity contribution is -0.118. The van der Waals surface area contributed by atoms with E-state index in [1.54, 1.807) is 18.4 Å². The number of aliphatic hydroxyl groups excluding tert-OH is 1. The number of amides is 1. The number of carbonyl (C=O) groups is 1. The fraction of sp³-hybridized carbons (Fsp3) is 0.520. The van der Waals surface area contributed by atoms with Gasteiger partial charge in [0, 0.05) is 23.4 Å². The number of hydrogen-bond acceptors (Lipinski definition) is 16. The number of imidazole rings is 2. The maximum Gasteiger partial charge on any atom is 0.695 e. The van der Waals surface area contributed by atoms with Gasteiger partial charge in [0.15, 0.2) is 29.1 Å². The first-order valence-electron chi connectivity index (χ1n) is 14.4. The monoisotopic (exact) mass is 725 g/mol. The second-order valence-electron chi connectivity index (χ2n) is 10.5. The van der Waals surface area contributed by atoms with Gasteiger partial charge < -0.3 is 28.0 Å². The highest BCUT2D eigenvalue weighted by Crippen LogP contribution is 2.51. The second-order valence-corrected chi connectivity index (χ2v) is 14.2. The Morgan fingerprint density at radius 2 is 2.08 bits per heavy atom. The molecule has 1 fully saturated rings. The summed E-state index contributed by atoms with van der Waals surface area (Å²) in [5.41, 5.74) is 0.298. The van der Waals surface area contributed by atoms with Crippen LogP contribution in [0.25, 0.3) is 22.3 Å². The number of rotatable bonds is 16. The van der Waals surface area contributed by atoms with Gasteiger partial charge in [-0.25, -0.2) is 19.9 Å². The molecule has 0 radical (unpaired) electrons. The number of nitrogens with zero attached hydrogens (tertiary/aromatic N) is 8. The number of nitrogens with one attached hydrogen (secondary N) is 2. The molecule has 5 rings (SSSR count). The molecule has 4 aromatic rings. The minimum absolute atomic E-state index is 0.0176. The van der Waals surface area contributed by atoms with Gasteiger partial charge in [0.05, 0.1) is 50.9 Å². The Hall–Kier alpha value is -3.67. The van der Waals surface area contributed by atoms with Gasteiger partial charge in [0.25, 0.3) is 5.56 Å². The van der Waals surface area contributed by atoms with Crippen LogP contribution < -0.4 is 10.9 Å². The summed E-state index contributed by atoms with van der Waals surface area (Å²) in [7, 11) is -3.07. The average Bonchev–Trinajstić information content (AvgIpc) is 3.75. The smallest absolute Gasteiger partial charge is 0.388 e. The van der Waals surface area contributed by atoms with Gasteiger partial charge in [-0.15, -0.1) is 9.42 Å². The molecule has 4 N–H and O–H groups in total. The zero-order valence-corrected chi connectivity index (χ0v) is 28.1. The lowest BCUT2D eigenvalue weighted by Crippen LogP contribution is -2.24. The molecule has 256 valence electrons. The zero-order valence-electron chi connectivity index (χ0n) is 25.5. The third-order valence-electron chi connectivity index (χ3n) is 6.92. The molecular formula is C25H31N10O10P2S+. The van der Waals surface area contributed by atoms with Gasteiger partial charge in [-0.3, -0.25) is 24.5 Å². The van der Waals surface area contributed by atoms with Crippen LogP contribution in [-0.2, 0) is 57.1 Å². The summed E-state index contributed by atoms with van der Waals surface area (Å²) < 4.78 is 43.7. The number of H-pyrrole nitrogens is 1. The van der Waals surface area contributed by atoms with Crippen molar-refractivity contribution in [2.24, 2.45) is 5.92 Å². The lowest BCUT2D eigenvalue weighted by atomic mass is 10.2. The fourth-order valence-electron chi connectivity index (χ4n) is 4.72. The Balaban J connectivity index is 1.32. The normalized spacial score (nSPS) is 19.5. The first-order valence-corrected chi connectivity index (χ1v) is 18.1. The predicted octanol–water partition coefficient (Wildman–Crippen LogP) is 1.56. The number of hydrogen-bond donors (Lipinski definition) is 4. The van der Waals surface area contributed by atoms with E-state index in [9.17, 15) is 24.2 Å². The van der Waals surface area contributed by atoms with Crippen LogP contribution in [0.15, 0.2) is 23.6 Å². The summed E-state index contributed by atoms with van der Waals surface area (Å²) in [6, 6.07) is 1.96. The van der Waals surface area contributed by atoms with Crippen molar-refractivity contribution in [3.63, 3.8) is 0 Å². The number of aliphatic hydroxyl groups is 1. The molecule has 23 heteroatoms. The number of aromatic nitrogens is 8. The number of carbonyl (C=O) groups excluding carboxylic acids is 1. The van der Waals surface area contributed by atoms with Crippen LogP contribution in [0, 0.1) is 17.2 Å². The van der Waals surface area contributed by atoms with Gasteiger partial charge in [0.2, 0.25) is 11.9 Å². The summed E-state index contributed by atoms with van der Waals surface area (Å²) in [4.78, 5) is 57.8. The number of aromatic amines is 1. The molecule has 1 aliphatic heterocycles. The molecule has 0 spiro atoms. The minimum atomic E-state index is -3.50. The number of fused-ring (bicyclic) bond motifs is 2. The Labute approximate surface area is 277 Å². The summed E-state index contributed by atoms with van der Waals surface area (Å²) in [5.74, 6) is -0.553. The quantitative estimate of drug-likeness (QED) is 0.0943. The topological polar surface area (TPSA) is 264 Å². The van der Waals surface area contributed by atoms with Crippen LogP contribution in [0.4, 0.5) is 5.95 Å². The first-order chi connectivity index (χ1) is 23.0. The molecule has 2 unspecified atom stereocenters. The Kier molecular flexibility index (Phi) is 11.7. The second kappa shape index (κ2) is 15.7. The molecule has 48 heavy (non-hydrogen) atoms. The molecule has 5 atom stereocenters. The third-order valence-corrected chi connectivity index (χ3v) is 9.78. The van der Waals surface area contributed by atoms with Crippen LogP contribution in [0.1, 0.15) is 38.7 Å². The summed E-state index contributed by atoms with van der Waals surface area (Å²) >= 11 is 5.62. The van der Waals surface area contributed by atoms with E-state index < -0.39 is 39.0 Å². The first kappa shape index (κ1) is 35.6. The van der Waals surface area contributed by atoms with E-state index in [1.165, 1.54) is 23.4 Å². The van der Waals surface area contributed by atoms with Crippen molar-refractivity contribution in [2.45, 2.75) is 58.3 Å². The van der Waals surface area contributed by atoms with Crippen LogP contribution in [0.3, 0.4) is 0 Å². The van der Waals surface area contributed by atoms with Crippen LogP contribution in [-0.4, -0.2) is 87.0 Å². The van der Waals surface area contributed by atoms with Gasteiger partial charge >= 0.3 is 15.0 Å². The molecule has 20 nitrogen and oxygen atoms in total. The van der Waals surface area contributed by atoms with E-state index in [1.807, 2.05) is 6.07 Å². The average molecular weight is 726 g/mol. The molecule has 1 amide bonds. The highest BCUT2D eigenvalue weighted by atomic mass is 32.5. The number of anilines is 1. The summed E-state index contributed by atoms with van der Waals surface area (Å²) in [6.07, 6.45) is 1.29. The molecule has 5 heterocycles. The van der Waals surface area contributed by atoms with Crippen molar-refractivity contribution in [3.8, 4) is 6.07 Å². The van der Waals surface area contributed by atoms with Crippen molar-refractivity contribution >= 4 is 61.0 Å². The van der Waals surface area contributed by atoms with Crippen molar-refractivity contribution in [1.29, 1.82) is 5.26 Å². The van der Waals surface area contributed by atoms with Gasteiger partial charge in [0.1, 0.15) is 24.3 Å². The van der Waals surface area contributed by atoms with E-state index in [2.05, 4.69) is 35.2 Å². The molecule has 1 saturated heterocycles. The SMILES string of the molecule is CC(C)C(=O)Nc1nc2c(ncn2[C@@H]2O[C@H](COP(=S)(OCCC#N)OCCn3c(CO)nc4cncnc43)C[C@H]2O[P+](=O)O)c(=O)[nH]1. The number of ether oxygens (including phenoxy) is 1.